The first-order valence-corrected chi connectivity index (χ1v) is 7.86. The van der Waals surface area contributed by atoms with Crippen LogP contribution < -0.4 is 4.74 Å². The minimum atomic E-state index is -0.120. The summed E-state index contributed by atoms with van der Waals surface area (Å²) in [6, 6.07) is 7.63. The summed E-state index contributed by atoms with van der Waals surface area (Å²) in [6.07, 6.45) is 3.64. The van der Waals surface area contributed by atoms with Crippen molar-refractivity contribution in [3.63, 3.8) is 0 Å². The van der Waals surface area contributed by atoms with Crippen molar-refractivity contribution >= 4 is 5.91 Å². The van der Waals surface area contributed by atoms with Crippen molar-refractivity contribution < 1.29 is 14.1 Å². The number of benzene rings is 1. The van der Waals surface area contributed by atoms with Gasteiger partial charge in [0.2, 0.25) is 0 Å². The summed E-state index contributed by atoms with van der Waals surface area (Å²) in [5.74, 6) is 1.17. The lowest BCUT2D eigenvalue weighted by molar-refractivity contribution is 0.0782. The van der Waals surface area contributed by atoms with Crippen molar-refractivity contribution in [2.24, 2.45) is 0 Å². The van der Waals surface area contributed by atoms with Gasteiger partial charge in [-0.15, -0.1) is 0 Å². The molecule has 7 nitrogen and oxygen atoms in total. The molecular formula is C18H20N4O3. The molecule has 0 unspecified atom stereocenters. The fourth-order valence-corrected chi connectivity index (χ4v) is 2.66. The molecule has 0 saturated carbocycles. The number of aromatic nitrogens is 3. The third-order valence-electron chi connectivity index (χ3n) is 3.97. The topological polar surface area (TPSA) is 73.4 Å². The second kappa shape index (κ2) is 6.80. The molecule has 0 aliphatic rings. The lowest BCUT2D eigenvalue weighted by atomic mass is 10.2. The minimum Gasteiger partial charge on any atom is -0.497 e. The van der Waals surface area contributed by atoms with E-state index in [1.54, 1.807) is 43.8 Å². The molecule has 25 heavy (non-hydrogen) atoms. The largest absolute Gasteiger partial charge is 0.497 e. The number of ether oxygens (including phenoxy) is 1. The fraction of sp³-hybridized carbons (Fsp3) is 0.278. The van der Waals surface area contributed by atoms with Gasteiger partial charge >= 0.3 is 0 Å². The first kappa shape index (κ1) is 16.8. The predicted octanol–water partition coefficient (Wildman–Crippen LogP) is 2.76. The van der Waals surface area contributed by atoms with Gasteiger partial charge in [-0.25, -0.2) is 4.68 Å². The quantitative estimate of drug-likeness (QED) is 0.714. The smallest absolute Gasteiger partial charge is 0.259 e. The van der Waals surface area contributed by atoms with E-state index in [0.717, 1.165) is 17.0 Å². The SMILES string of the molecule is COc1cccc(-n2cc(CN(C)C(=O)c3c(C)noc3C)cn2)c1. The van der Waals surface area contributed by atoms with Crippen LogP contribution in [0.2, 0.25) is 0 Å². The summed E-state index contributed by atoms with van der Waals surface area (Å²) in [5, 5.41) is 8.20. The Bertz CT molecular complexity index is 878. The molecule has 0 atom stereocenters. The lowest BCUT2D eigenvalue weighted by Gasteiger charge is -2.15. The number of nitrogens with zero attached hydrogens (tertiary/aromatic N) is 4. The highest BCUT2D eigenvalue weighted by Gasteiger charge is 2.21. The lowest BCUT2D eigenvalue weighted by Crippen LogP contribution is -2.26. The van der Waals surface area contributed by atoms with Gasteiger partial charge in [0.1, 0.15) is 17.1 Å². The van der Waals surface area contributed by atoms with Crippen LogP contribution in [0, 0.1) is 13.8 Å². The van der Waals surface area contributed by atoms with E-state index in [4.69, 9.17) is 9.26 Å². The van der Waals surface area contributed by atoms with E-state index in [2.05, 4.69) is 10.3 Å². The van der Waals surface area contributed by atoms with Crippen LogP contribution in [0.5, 0.6) is 5.75 Å². The third kappa shape index (κ3) is 3.40. The second-order valence-corrected chi connectivity index (χ2v) is 5.86. The Morgan fingerprint density at radius 3 is 2.84 bits per heavy atom. The molecule has 0 aliphatic heterocycles. The number of hydrogen-bond acceptors (Lipinski definition) is 5. The number of hydrogen-bond donors (Lipinski definition) is 0. The molecule has 0 N–H and O–H groups in total. The van der Waals surface area contributed by atoms with Gasteiger partial charge < -0.3 is 14.2 Å². The van der Waals surface area contributed by atoms with Crippen molar-refractivity contribution in [1.82, 2.24) is 19.8 Å². The molecule has 7 heteroatoms. The van der Waals surface area contributed by atoms with Gasteiger partial charge in [-0.3, -0.25) is 4.79 Å². The van der Waals surface area contributed by atoms with Gasteiger partial charge in [0.15, 0.2) is 0 Å². The maximum Gasteiger partial charge on any atom is 0.259 e. The molecule has 1 aromatic carbocycles. The van der Waals surface area contributed by atoms with Crippen LogP contribution in [0.4, 0.5) is 0 Å². The van der Waals surface area contributed by atoms with Crippen LogP contribution >= 0.6 is 0 Å². The van der Waals surface area contributed by atoms with Crippen molar-refractivity contribution in [2.75, 3.05) is 14.2 Å². The Labute approximate surface area is 145 Å². The monoisotopic (exact) mass is 340 g/mol. The van der Waals surface area contributed by atoms with Gasteiger partial charge in [0.05, 0.1) is 24.7 Å². The van der Waals surface area contributed by atoms with Crippen LogP contribution in [0.25, 0.3) is 5.69 Å². The van der Waals surface area contributed by atoms with Crippen molar-refractivity contribution in [1.29, 1.82) is 0 Å². The van der Waals surface area contributed by atoms with Gasteiger partial charge in [-0.05, 0) is 26.0 Å². The number of aryl methyl sites for hydroxylation is 2. The average molecular weight is 340 g/mol. The van der Waals surface area contributed by atoms with E-state index in [-0.39, 0.29) is 5.91 Å². The summed E-state index contributed by atoms with van der Waals surface area (Å²) in [4.78, 5) is 14.2. The Hall–Kier alpha value is -3.09. The highest BCUT2D eigenvalue weighted by Crippen LogP contribution is 2.18. The summed E-state index contributed by atoms with van der Waals surface area (Å²) >= 11 is 0. The van der Waals surface area contributed by atoms with Crippen LogP contribution in [-0.4, -0.2) is 39.9 Å². The summed E-state index contributed by atoms with van der Waals surface area (Å²) in [6.45, 7) is 3.94. The highest BCUT2D eigenvalue weighted by atomic mass is 16.5. The van der Waals surface area contributed by atoms with E-state index in [1.165, 1.54) is 0 Å². The van der Waals surface area contributed by atoms with Gasteiger partial charge in [-0.1, -0.05) is 11.2 Å². The summed E-state index contributed by atoms with van der Waals surface area (Å²) < 4.78 is 12.1. The number of rotatable bonds is 5. The molecule has 3 rings (SSSR count). The fourth-order valence-electron chi connectivity index (χ4n) is 2.66. The number of carbonyl (C=O) groups excluding carboxylic acids is 1. The standard InChI is InChI=1S/C18H20N4O3/c1-12-17(13(2)25-20-12)18(23)21(3)10-14-9-19-22(11-14)15-6-5-7-16(8-15)24-4/h5-9,11H,10H2,1-4H3. The molecule has 1 amide bonds. The Kier molecular flexibility index (Phi) is 4.56. The number of methoxy groups -OCH3 is 1. The van der Waals surface area contributed by atoms with Crippen LogP contribution in [0.15, 0.2) is 41.2 Å². The van der Waals surface area contributed by atoms with Gasteiger partial charge in [0.25, 0.3) is 5.91 Å². The summed E-state index contributed by atoms with van der Waals surface area (Å²) in [7, 11) is 3.38. The second-order valence-electron chi connectivity index (χ2n) is 5.86. The zero-order chi connectivity index (χ0) is 18.0. The molecule has 0 aliphatic carbocycles. The molecule has 2 aromatic heterocycles. The van der Waals surface area contributed by atoms with E-state index in [0.29, 0.717) is 23.6 Å². The van der Waals surface area contributed by atoms with E-state index >= 15 is 0 Å². The van der Waals surface area contributed by atoms with Crippen molar-refractivity contribution in [3.8, 4) is 11.4 Å². The minimum absolute atomic E-state index is 0.120. The van der Waals surface area contributed by atoms with E-state index < -0.39 is 0 Å². The maximum absolute atomic E-state index is 12.6. The molecule has 0 bridgehead atoms. The predicted molar refractivity (Wildman–Crippen MR) is 91.9 cm³/mol. The first-order chi connectivity index (χ1) is 12.0. The van der Waals surface area contributed by atoms with Gasteiger partial charge in [0, 0.05) is 31.4 Å². The molecule has 0 radical (unpaired) electrons. The van der Waals surface area contributed by atoms with E-state index in [1.807, 2.05) is 30.5 Å². The molecule has 0 fully saturated rings. The molecule has 0 spiro atoms. The molecule has 2 heterocycles. The van der Waals surface area contributed by atoms with Crippen molar-refractivity contribution in [3.05, 3.63) is 59.2 Å². The Balaban J connectivity index is 1.75. The van der Waals surface area contributed by atoms with Crippen LogP contribution in [-0.2, 0) is 6.54 Å². The van der Waals surface area contributed by atoms with E-state index in [9.17, 15) is 4.79 Å². The third-order valence-corrected chi connectivity index (χ3v) is 3.97. The number of amides is 1. The average Bonchev–Trinajstić information content (AvgIpc) is 3.21. The maximum atomic E-state index is 12.6. The van der Waals surface area contributed by atoms with Crippen molar-refractivity contribution in [2.45, 2.75) is 20.4 Å². The zero-order valence-corrected chi connectivity index (χ0v) is 14.7. The molecule has 3 aromatic rings. The molecule has 0 saturated heterocycles. The highest BCUT2D eigenvalue weighted by molar-refractivity contribution is 5.95. The normalized spacial score (nSPS) is 10.7. The zero-order valence-electron chi connectivity index (χ0n) is 14.7. The Morgan fingerprint density at radius 2 is 2.16 bits per heavy atom. The van der Waals surface area contributed by atoms with Gasteiger partial charge in [-0.2, -0.15) is 5.10 Å². The number of carbonyl (C=O) groups is 1. The molecular weight excluding hydrogens is 320 g/mol. The Morgan fingerprint density at radius 1 is 1.36 bits per heavy atom. The van der Waals surface area contributed by atoms with Crippen LogP contribution in [0.1, 0.15) is 27.4 Å². The molecule has 130 valence electrons. The first-order valence-electron chi connectivity index (χ1n) is 7.86. The summed E-state index contributed by atoms with van der Waals surface area (Å²) in [5.41, 5.74) is 2.93. The van der Waals surface area contributed by atoms with Crippen LogP contribution in [0.3, 0.4) is 0 Å².